The van der Waals surface area contributed by atoms with Crippen molar-refractivity contribution in [1.29, 1.82) is 5.26 Å². The maximum atomic E-state index is 12.5. The molecular weight excluding hydrogens is 354 g/mol. The number of rotatable bonds is 5. The zero-order valence-electron chi connectivity index (χ0n) is 15.1. The van der Waals surface area contributed by atoms with E-state index in [9.17, 15) is 9.59 Å². The summed E-state index contributed by atoms with van der Waals surface area (Å²) in [6.45, 7) is 1.45. The number of aromatic nitrogens is 1. The fraction of sp³-hybridized carbons (Fsp3) is 0.0476. The van der Waals surface area contributed by atoms with Crippen molar-refractivity contribution in [3.05, 3.63) is 78.0 Å². The molecule has 138 valence electrons. The minimum absolute atomic E-state index is 0.138. The largest absolute Gasteiger partial charge is 0.340 e. The number of hydrogen-bond acceptors (Lipinski definition) is 5. The van der Waals surface area contributed by atoms with Crippen LogP contribution in [0.4, 0.5) is 22.9 Å². The van der Waals surface area contributed by atoms with Gasteiger partial charge < -0.3 is 16.0 Å². The third kappa shape index (κ3) is 4.93. The van der Waals surface area contributed by atoms with E-state index in [0.717, 1.165) is 5.69 Å². The highest BCUT2D eigenvalue weighted by molar-refractivity contribution is 6.04. The summed E-state index contributed by atoms with van der Waals surface area (Å²) >= 11 is 0. The Kier molecular flexibility index (Phi) is 5.63. The molecule has 1 aromatic heterocycles. The van der Waals surface area contributed by atoms with Gasteiger partial charge in [-0.15, -0.1) is 0 Å². The van der Waals surface area contributed by atoms with E-state index in [1.54, 1.807) is 60.7 Å². The van der Waals surface area contributed by atoms with Crippen LogP contribution >= 0.6 is 0 Å². The van der Waals surface area contributed by atoms with Gasteiger partial charge in [0.2, 0.25) is 5.91 Å². The number of benzene rings is 2. The van der Waals surface area contributed by atoms with Gasteiger partial charge in [0.15, 0.2) is 0 Å². The van der Waals surface area contributed by atoms with E-state index in [-0.39, 0.29) is 11.8 Å². The normalized spacial score (nSPS) is 9.86. The van der Waals surface area contributed by atoms with Crippen molar-refractivity contribution in [3.63, 3.8) is 0 Å². The van der Waals surface area contributed by atoms with Gasteiger partial charge in [0, 0.05) is 35.7 Å². The van der Waals surface area contributed by atoms with Crippen LogP contribution in [0.15, 0.2) is 66.9 Å². The first-order chi connectivity index (χ1) is 13.5. The second-order valence-corrected chi connectivity index (χ2v) is 5.96. The molecular formula is C21H17N5O2. The summed E-state index contributed by atoms with van der Waals surface area (Å²) in [6, 6.07) is 19.1. The fourth-order valence-corrected chi connectivity index (χ4v) is 2.50. The second-order valence-electron chi connectivity index (χ2n) is 5.96. The van der Waals surface area contributed by atoms with Gasteiger partial charge in [-0.05, 0) is 54.6 Å². The molecule has 0 saturated heterocycles. The van der Waals surface area contributed by atoms with Crippen LogP contribution in [0.3, 0.4) is 0 Å². The van der Waals surface area contributed by atoms with E-state index in [4.69, 9.17) is 5.26 Å². The van der Waals surface area contributed by atoms with Crippen LogP contribution in [0.5, 0.6) is 0 Å². The number of nitrogens with one attached hydrogen (secondary N) is 3. The molecule has 0 aliphatic rings. The van der Waals surface area contributed by atoms with E-state index in [0.29, 0.717) is 28.3 Å². The Morgan fingerprint density at radius 2 is 1.68 bits per heavy atom. The lowest BCUT2D eigenvalue weighted by molar-refractivity contribution is -0.114. The molecule has 3 N–H and O–H groups in total. The third-order valence-corrected chi connectivity index (χ3v) is 3.75. The topological polar surface area (TPSA) is 107 Å². The molecule has 0 fully saturated rings. The average Bonchev–Trinajstić information content (AvgIpc) is 2.69. The molecule has 2 aromatic carbocycles. The van der Waals surface area contributed by atoms with E-state index >= 15 is 0 Å². The highest BCUT2D eigenvalue weighted by Gasteiger charge is 2.08. The lowest BCUT2D eigenvalue weighted by atomic mass is 10.2. The van der Waals surface area contributed by atoms with Gasteiger partial charge in [-0.1, -0.05) is 6.07 Å². The minimum Gasteiger partial charge on any atom is -0.340 e. The van der Waals surface area contributed by atoms with Crippen molar-refractivity contribution >= 4 is 34.7 Å². The Morgan fingerprint density at radius 3 is 2.39 bits per heavy atom. The lowest BCUT2D eigenvalue weighted by Gasteiger charge is -2.09. The van der Waals surface area contributed by atoms with Crippen LogP contribution in [-0.4, -0.2) is 16.8 Å². The molecule has 0 unspecified atom stereocenters. The molecule has 7 heteroatoms. The number of hydrogen-bond donors (Lipinski definition) is 3. The zero-order chi connectivity index (χ0) is 19.9. The monoisotopic (exact) mass is 371 g/mol. The molecule has 28 heavy (non-hydrogen) atoms. The first kappa shape index (κ1) is 18.6. The predicted molar refractivity (Wildman–Crippen MR) is 107 cm³/mol. The van der Waals surface area contributed by atoms with Crippen LogP contribution in [-0.2, 0) is 4.79 Å². The molecule has 0 aliphatic heterocycles. The molecule has 0 bridgehead atoms. The summed E-state index contributed by atoms with van der Waals surface area (Å²) in [7, 11) is 0. The summed E-state index contributed by atoms with van der Waals surface area (Å²) in [6.07, 6.45) is 1.54. The van der Waals surface area contributed by atoms with Crippen molar-refractivity contribution in [2.24, 2.45) is 0 Å². The SMILES string of the molecule is CC(=O)Nc1ccc(Nc2cc(C(=O)Nc3cccc(C#N)c3)ccn2)cc1. The van der Waals surface area contributed by atoms with Gasteiger partial charge in [0.05, 0.1) is 11.6 Å². The lowest BCUT2D eigenvalue weighted by Crippen LogP contribution is -2.12. The van der Waals surface area contributed by atoms with Crippen LogP contribution < -0.4 is 16.0 Å². The minimum atomic E-state index is -0.304. The Balaban J connectivity index is 1.70. The van der Waals surface area contributed by atoms with E-state index in [1.165, 1.54) is 13.1 Å². The maximum Gasteiger partial charge on any atom is 0.255 e. The molecule has 3 aromatic rings. The molecule has 0 spiro atoms. The van der Waals surface area contributed by atoms with Crippen molar-refractivity contribution in [1.82, 2.24) is 4.98 Å². The van der Waals surface area contributed by atoms with Crippen LogP contribution in [0, 0.1) is 11.3 Å². The molecule has 0 aliphatic carbocycles. The number of amides is 2. The van der Waals surface area contributed by atoms with Gasteiger partial charge >= 0.3 is 0 Å². The van der Waals surface area contributed by atoms with Gasteiger partial charge in [0.25, 0.3) is 5.91 Å². The third-order valence-electron chi connectivity index (χ3n) is 3.75. The Labute approximate surface area is 162 Å². The number of pyridine rings is 1. The second kappa shape index (κ2) is 8.47. The quantitative estimate of drug-likeness (QED) is 0.630. The summed E-state index contributed by atoms with van der Waals surface area (Å²) in [5.41, 5.74) is 2.90. The molecule has 1 heterocycles. The summed E-state index contributed by atoms with van der Waals surface area (Å²) in [4.78, 5) is 27.8. The van der Waals surface area contributed by atoms with Gasteiger partial charge in [-0.3, -0.25) is 9.59 Å². The molecule has 7 nitrogen and oxygen atoms in total. The number of carbonyl (C=O) groups is 2. The van der Waals surface area contributed by atoms with Gasteiger partial charge in [-0.25, -0.2) is 4.98 Å². The summed E-state index contributed by atoms with van der Waals surface area (Å²) in [5.74, 6) is 0.0636. The van der Waals surface area contributed by atoms with Crippen molar-refractivity contribution in [2.75, 3.05) is 16.0 Å². The molecule has 0 saturated carbocycles. The van der Waals surface area contributed by atoms with E-state index < -0.39 is 0 Å². The number of carbonyl (C=O) groups excluding carboxylic acids is 2. The van der Waals surface area contributed by atoms with Gasteiger partial charge in [-0.2, -0.15) is 5.26 Å². The fourth-order valence-electron chi connectivity index (χ4n) is 2.50. The van der Waals surface area contributed by atoms with Crippen LogP contribution in [0.1, 0.15) is 22.8 Å². The van der Waals surface area contributed by atoms with Crippen molar-refractivity contribution in [3.8, 4) is 6.07 Å². The molecule has 2 amide bonds. The Morgan fingerprint density at radius 1 is 0.929 bits per heavy atom. The Hall–Kier alpha value is -4.18. The highest BCUT2D eigenvalue weighted by atomic mass is 16.2. The van der Waals surface area contributed by atoms with Gasteiger partial charge in [0.1, 0.15) is 5.82 Å². The number of nitriles is 1. The van der Waals surface area contributed by atoms with Crippen LogP contribution in [0.2, 0.25) is 0 Å². The number of anilines is 4. The van der Waals surface area contributed by atoms with Crippen molar-refractivity contribution in [2.45, 2.75) is 6.92 Å². The predicted octanol–water partition coefficient (Wildman–Crippen LogP) is 3.91. The summed E-state index contributed by atoms with van der Waals surface area (Å²) in [5, 5.41) is 17.5. The molecule has 0 radical (unpaired) electrons. The first-order valence-corrected chi connectivity index (χ1v) is 8.46. The Bertz CT molecular complexity index is 1050. The highest BCUT2D eigenvalue weighted by Crippen LogP contribution is 2.19. The van der Waals surface area contributed by atoms with Crippen LogP contribution in [0.25, 0.3) is 0 Å². The summed E-state index contributed by atoms with van der Waals surface area (Å²) < 4.78 is 0. The van der Waals surface area contributed by atoms with Crippen molar-refractivity contribution < 1.29 is 9.59 Å². The molecule has 3 rings (SSSR count). The zero-order valence-corrected chi connectivity index (χ0v) is 15.1. The number of nitrogens with zero attached hydrogens (tertiary/aromatic N) is 2. The maximum absolute atomic E-state index is 12.5. The molecule has 0 atom stereocenters. The first-order valence-electron chi connectivity index (χ1n) is 8.46. The van der Waals surface area contributed by atoms with E-state index in [2.05, 4.69) is 20.9 Å². The smallest absolute Gasteiger partial charge is 0.255 e. The van der Waals surface area contributed by atoms with E-state index in [1.807, 2.05) is 6.07 Å². The average molecular weight is 371 g/mol. The standard InChI is InChI=1S/C21H17N5O2/c1-14(27)24-17-5-7-18(8-6-17)25-20-12-16(9-10-23-20)21(28)26-19-4-2-3-15(11-19)13-22/h2-12H,1H3,(H,23,25)(H,24,27)(H,26,28).